The molecule has 1 heterocycles. The van der Waals surface area contributed by atoms with E-state index in [9.17, 15) is 15.0 Å². The number of hydrogen-bond donors (Lipinski definition) is 5. The van der Waals surface area contributed by atoms with Crippen molar-refractivity contribution < 1.29 is 34.7 Å². The minimum absolute atomic E-state index is 0.594. The Labute approximate surface area is 84.8 Å². The summed E-state index contributed by atoms with van der Waals surface area (Å²) in [7, 11) is 0. The van der Waals surface area contributed by atoms with E-state index in [0.717, 1.165) is 0 Å². The van der Waals surface area contributed by atoms with E-state index in [1.807, 2.05) is 0 Å². The van der Waals surface area contributed by atoms with Crippen LogP contribution < -0.4 is 5.73 Å². The number of hydrogen-bond acceptors (Lipinski definition) is 7. The molecule has 88 valence electrons. The molecule has 8 heteroatoms. The van der Waals surface area contributed by atoms with E-state index in [4.69, 9.17) is 15.9 Å². The summed E-state index contributed by atoms with van der Waals surface area (Å²) in [6.07, 6.45) is -8.51. The van der Waals surface area contributed by atoms with Crippen molar-refractivity contribution in [2.24, 2.45) is 5.73 Å². The number of carbonyl (C=O) groups is 1. The Balaban J connectivity index is 2.74. The Bertz CT molecular complexity index is 235. The molecular weight excluding hydrogens is 210 g/mol. The Hall–Kier alpha value is -0.930. The molecule has 1 fully saturated rings. The summed E-state index contributed by atoms with van der Waals surface area (Å²) in [5.74, 6) is 0. The molecule has 6 N–H and O–H groups in total. The third-order valence-electron chi connectivity index (χ3n) is 2.09. The molecule has 1 rings (SSSR count). The molecular formula is C7H13NO7. The van der Waals surface area contributed by atoms with Crippen molar-refractivity contribution in [3.8, 4) is 0 Å². The number of carbonyl (C=O) groups excluding carboxylic acids is 1. The molecule has 0 aromatic heterocycles. The zero-order chi connectivity index (χ0) is 11.6. The third-order valence-corrected chi connectivity index (χ3v) is 2.09. The average Bonchev–Trinajstić information content (AvgIpc) is 2.18. The maximum absolute atomic E-state index is 10.5. The number of aliphatic hydroxyl groups excluding tert-OH is 4. The van der Waals surface area contributed by atoms with E-state index < -0.39 is 43.4 Å². The van der Waals surface area contributed by atoms with E-state index in [1.54, 1.807) is 0 Å². The van der Waals surface area contributed by atoms with E-state index in [0.29, 0.717) is 0 Å². The van der Waals surface area contributed by atoms with Crippen molar-refractivity contribution in [2.45, 2.75) is 30.7 Å². The number of amides is 1. The lowest BCUT2D eigenvalue weighted by atomic mass is 9.99. The number of rotatable bonds is 2. The maximum atomic E-state index is 10.5. The van der Waals surface area contributed by atoms with E-state index in [1.165, 1.54) is 0 Å². The predicted molar refractivity (Wildman–Crippen MR) is 44.4 cm³/mol. The summed E-state index contributed by atoms with van der Waals surface area (Å²) in [5, 5.41) is 36.7. The second-order valence-corrected chi connectivity index (χ2v) is 3.13. The molecule has 15 heavy (non-hydrogen) atoms. The van der Waals surface area contributed by atoms with Crippen LogP contribution in [0.2, 0.25) is 0 Å². The van der Waals surface area contributed by atoms with Gasteiger partial charge in [-0.05, 0) is 0 Å². The Morgan fingerprint density at radius 3 is 2.40 bits per heavy atom. The quantitative estimate of drug-likeness (QED) is 0.333. The average molecular weight is 223 g/mol. The molecule has 5 atom stereocenters. The SMILES string of the molecule is NC(=O)OC1C(O)[C@@H](CO)OC(O)[C@H]1O. The fraction of sp³-hybridized carbons (Fsp3) is 0.857. The first-order chi connectivity index (χ1) is 6.97. The Kier molecular flexibility index (Phi) is 3.83. The van der Waals surface area contributed by atoms with Gasteiger partial charge in [-0.3, -0.25) is 0 Å². The van der Waals surface area contributed by atoms with Crippen molar-refractivity contribution >= 4 is 6.09 Å². The maximum Gasteiger partial charge on any atom is 0.404 e. The number of primary amides is 1. The van der Waals surface area contributed by atoms with Crippen LogP contribution in [0.3, 0.4) is 0 Å². The third kappa shape index (κ3) is 2.55. The zero-order valence-corrected chi connectivity index (χ0v) is 7.68. The van der Waals surface area contributed by atoms with Crippen LogP contribution in [0.25, 0.3) is 0 Å². The highest BCUT2D eigenvalue weighted by atomic mass is 16.7. The lowest BCUT2D eigenvalue weighted by Crippen LogP contribution is -2.60. The van der Waals surface area contributed by atoms with Crippen molar-refractivity contribution in [1.29, 1.82) is 0 Å². The normalized spacial score (nSPS) is 41.2. The zero-order valence-electron chi connectivity index (χ0n) is 7.68. The van der Waals surface area contributed by atoms with Crippen molar-refractivity contribution in [3.05, 3.63) is 0 Å². The summed E-state index contributed by atoms with van der Waals surface area (Å²) in [5.41, 5.74) is 4.71. The largest absolute Gasteiger partial charge is 0.441 e. The van der Waals surface area contributed by atoms with Crippen LogP contribution in [0.5, 0.6) is 0 Å². The van der Waals surface area contributed by atoms with Gasteiger partial charge in [0.25, 0.3) is 0 Å². The van der Waals surface area contributed by atoms with Gasteiger partial charge in [0.05, 0.1) is 6.61 Å². The molecule has 1 aliphatic rings. The summed E-state index contributed by atoms with van der Waals surface area (Å²) in [4.78, 5) is 10.5. The van der Waals surface area contributed by atoms with Crippen LogP contribution in [0, 0.1) is 0 Å². The fourth-order valence-corrected chi connectivity index (χ4v) is 1.34. The van der Waals surface area contributed by atoms with Gasteiger partial charge in [-0.1, -0.05) is 0 Å². The molecule has 0 aliphatic carbocycles. The molecule has 1 amide bonds. The molecule has 0 spiro atoms. The van der Waals surface area contributed by atoms with Crippen LogP contribution in [0.4, 0.5) is 4.79 Å². The lowest BCUT2D eigenvalue weighted by Gasteiger charge is -2.39. The van der Waals surface area contributed by atoms with Crippen molar-refractivity contribution in [2.75, 3.05) is 6.61 Å². The van der Waals surface area contributed by atoms with Gasteiger partial charge in [-0.25, -0.2) is 4.79 Å². The molecule has 0 aromatic carbocycles. The van der Waals surface area contributed by atoms with Gasteiger partial charge in [-0.2, -0.15) is 0 Å². The highest BCUT2D eigenvalue weighted by Gasteiger charge is 2.45. The second-order valence-electron chi connectivity index (χ2n) is 3.13. The summed E-state index contributed by atoms with van der Waals surface area (Å²) < 4.78 is 9.05. The first-order valence-corrected chi connectivity index (χ1v) is 4.24. The number of aliphatic hydroxyl groups is 4. The van der Waals surface area contributed by atoms with E-state index >= 15 is 0 Å². The van der Waals surface area contributed by atoms with Crippen molar-refractivity contribution in [3.63, 3.8) is 0 Å². The summed E-state index contributed by atoms with van der Waals surface area (Å²) in [6.45, 7) is -0.594. The standard InChI is InChI=1S/C7H13NO7/c8-7(13)15-5-3(10)2(1-9)14-6(12)4(5)11/h2-6,9-12H,1H2,(H2,8,13)/t2-,3?,4+,5?,6?/m1/s1. The molecule has 0 saturated carbocycles. The number of ether oxygens (including phenoxy) is 2. The monoisotopic (exact) mass is 223 g/mol. The number of nitrogens with two attached hydrogens (primary N) is 1. The fourth-order valence-electron chi connectivity index (χ4n) is 1.34. The molecule has 8 nitrogen and oxygen atoms in total. The van der Waals surface area contributed by atoms with Gasteiger partial charge in [0.15, 0.2) is 12.4 Å². The van der Waals surface area contributed by atoms with Gasteiger partial charge in [-0.15, -0.1) is 0 Å². The first-order valence-electron chi connectivity index (χ1n) is 4.24. The van der Waals surface area contributed by atoms with E-state index in [-0.39, 0.29) is 0 Å². The summed E-state index contributed by atoms with van der Waals surface area (Å²) >= 11 is 0. The smallest absolute Gasteiger partial charge is 0.404 e. The Morgan fingerprint density at radius 1 is 1.33 bits per heavy atom. The minimum atomic E-state index is -1.66. The van der Waals surface area contributed by atoms with Crippen LogP contribution in [0.15, 0.2) is 0 Å². The Morgan fingerprint density at radius 2 is 1.93 bits per heavy atom. The topological polar surface area (TPSA) is 142 Å². The highest BCUT2D eigenvalue weighted by molar-refractivity contribution is 5.65. The van der Waals surface area contributed by atoms with Gasteiger partial charge in [0, 0.05) is 0 Å². The second kappa shape index (κ2) is 4.73. The molecule has 1 aliphatic heterocycles. The van der Waals surface area contributed by atoms with Gasteiger partial charge < -0.3 is 35.6 Å². The van der Waals surface area contributed by atoms with Crippen LogP contribution >= 0.6 is 0 Å². The summed E-state index contributed by atoms with van der Waals surface area (Å²) in [6, 6.07) is 0. The van der Waals surface area contributed by atoms with Crippen LogP contribution in [0.1, 0.15) is 0 Å². The molecule has 0 aromatic rings. The molecule has 3 unspecified atom stereocenters. The van der Waals surface area contributed by atoms with Crippen molar-refractivity contribution in [1.82, 2.24) is 0 Å². The predicted octanol–water partition coefficient (Wildman–Crippen LogP) is -3.12. The molecule has 1 saturated heterocycles. The van der Waals surface area contributed by atoms with Crippen LogP contribution in [-0.4, -0.2) is 63.8 Å². The van der Waals surface area contributed by atoms with Gasteiger partial charge in [0.2, 0.25) is 0 Å². The van der Waals surface area contributed by atoms with Crippen LogP contribution in [-0.2, 0) is 9.47 Å². The molecule has 0 bridgehead atoms. The van der Waals surface area contributed by atoms with E-state index in [2.05, 4.69) is 9.47 Å². The minimum Gasteiger partial charge on any atom is -0.441 e. The highest BCUT2D eigenvalue weighted by Crippen LogP contribution is 2.21. The van der Waals surface area contributed by atoms with Gasteiger partial charge in [0.1, 0.15) is 18.3 Å². The lowest BCUT2D eigenvalue weighted by molar-refractivity contribution is -0.285. The molecule has 0 radical (unpaired) electrons. The first kappa shape index (κ1) is 12.1. The van der Waals surface area contributed by atoms with Gasteiger partial charge >= 0.3 is 6.09 Å².